The molecule has 1 heterocycles. The van der Waals surface area contributed by atoms with Crippen LogP contribution in [-0.4, -0.2) is 11.8 Å². The second-order valence-electron chi connectivity index (χ2n) is 4.69. The average molecular weight is 263 g/mol. The first-order valence-corrected chi connectivity index (χ1v) is 6.39. The molecule has 0 bridgehead atoms. The highest BCUT2D eigenvalue weighted by molar-refractivity contribution is 6.31. The van der Waals surface area contributed by atoms with Crippen LogP contribution >= 0.6 is 0 Å². The highest BCUT2D eigenvalue weighted by atomic mass is 16.2. The number of nitrogens with zero attached hydrogens (tertiary/aromatic N) is 1. The highest BCUT2D eigenvalue weighted by Crippen LogP contribution is 2.33. The van der Waals surface area contributed by atoms with Crippen LogP contribution in [0.5, 0.6) is 0 Å². The van der Waals surface area contributed by atoms with Crippen molar-refractivity contribution in [2.24, 2.45) is 0 Å². The van der Waals surface area contributed by atoms with E-state index >= 15 is 0 Å². The van der Waals surface area contributed by atoms with E-state index in [1.165, 1.54) is 11.0 Å². The summed E-state index contributed by atoms with van der Waals surface area (Å²) in [5.41, 5.74) is 2.95. The van der Waals surface area contributed by atoms with Gasteiger partial charge in [0.1, 0.15) is 0 Å². The fraction of sp³-hybridized carbons (Fsp3) is 0.0588. The number of carbonyl (C=O) groups is 2. The quantitative estimate of drug-likeness (QED) is 0.780. The number of imide groups is 1. The van der Waals surface area contributed by atoms with E-state index in [2.05, 4.69) is 0 Å². The molecule has 0 spiro atoms. The molecule has 0 fully saturated rings. The Balaban J connectivity index is 2.13. The summed E-state index contributed by atoms with van der Waals surface area (Å²) in [7, 11) is 0. The van der Waals surface area contributed by atoms with Crippen LogP contribution in [0.4, 0.5) is 5.69 Å². The molecule has 0 saturated carbocycles. The van der Waals surface area contributed by atoms with Gasteiger partial charge in [-0.05, 0) is 18.6 Å². The van der Waals surface area contributed by atoms with Crippen molar-refractivity contribution in [2.45, 2.75) is 6.92 Å². The Bertz CT molecular complexity index is 717. The van der Waals surface area contributed by atoms with E-state index in [1.54, 1.807) is 13.0 Å². The molecule has 3 nitrogen and oxygen atoms in total. The van der Waals surface area contributed by atoms with Crippen molar-refractivity contribution >= 4 is 17.5 Å². The van der Waals surface area contributed by atoms with Crippen molar-refractivity contribution in [2.75, 3.05) is 4.90 Å². The van der Waals surface area contributed by atoms with Crippen LogP contribution in [0.25, 0.3) is 11.1 Å². The summed E-state index contributed by atoms with van der Waals surface area (Å²) < 4.78 is 0. The number of benzene rings is 2. The van der Waals surface area contributed by atoms with Crippen molar-refractivity contribution < 1.29 is 9.59 Å². The molecular weight excluding hydrogens is 250 g/mol. The third-order valence-electron chi connectivity index (χ3n) is 3.33. The number of hydrogen-bond donors (Lipinski definition) is 0. The van der Waals surface area contributed by atoms with Crippen LogP contribution < -0.4 is 4.90 Å². The first kappa shape index (κ1) is 12.4. The van der Waals surface area contributed by atoms with E-state index in [1.807, 2.05) is 48.5 Å². The SMILES string of the molecule is CC1=CC(=O)N(c2ccccc2-c2ccccc2)C1=O. The number of amides is 2. The zero-order chi connectivity index (χ0) is 14.1. The van der Waals surface area contributed by atoms with Gasteiger partial charge in [-0.2, -0.15) is 0 Å². The molecule has 3 rings (SSSR count). The molecule has 2 aromatic rings. The van der Waals surface area contributed by atoms with Gasteiger partial charge in [0, 0.05) is 17.2 Å². The van der Waals surface area contributed by atoms with Crippen molar-refractivity contribution in [3.05, 3.63) is 66.2 Å². The second-order valence-corrected chi connectivity index (χ2v) is 4.69. The minimum absolute atomic E-state index is 0.251. The lowest BCUT2D eigenvalue weighted by Gasteiger charge is -2.18. The van der Waals surface area contributed by atoms with Gasteiger partial charge in [-0.1, -0.05) is 48.5 Å². The molecule has 0 aromatic heterocycles. The van der Waals surface area contributed by atoms with E-state index < -0.39 is 0 Å². The largest absolute Gasteiger partial charge is 0.269 e. The Morgan fingerprint density at radius 1 is 0.850 bits per heavy atom. The molecule has 1 aliphatic rings. The third-order valence-corrected chi connectivity index (χ3v) is 3.33. The van der Waals surface area contributed by atoms with Crippen molar-refractivity contribution in [1.82, 2.24) is 0 Å². The molecule has 2 amide bonds. The second kappa shape index (κ2) is 4.78. The van der Waals surface area contributed by atoms with Crippen LogP contribution in [0.1, 0.15) is 6.92 Å². The van der Waals surface area contributed by atoms with Crippen LogP contribution in [0.2, 0.25) is 0 Å². The zero-order valence-electron chi connectivity index (χ0n) is 11.0. The van der Waals surface area contributed by atoms with Gasteiger partial charge in [0.15, 0.2) is 0 Å². The number of rotatable bonds is 2. The summed E-state index contributed by atoms with van der Waals surface area (Å²) in [6.45, 7) is 1.66. The Kier molecular flexibility index (Phi) is 2.95. The molecule has 0 N–H and O–H groups in total. The van der Waals surface area contributed by atoms with Gasteiger partial charge >= 0.3 is 0 Å². The maximum atomic E-state index is 12.1. The molecule has 0 saturated heterocycles. The molecule has 2 aromatic carbocycles. The molecule has 1 aliphatic heterocycles. The molecule has 98 valence electrons. The number of carbonyl (C=O) groups excluding carboxylic acids is 2. The molecule has 0 radical (unpaired) electrons. The first-order valence-electron chi connectivity index (χ1n) is 6.39. The van der Waals surface area contributed by atoms with Gasteiger partial charge in [0.05, 0.1) is 5.69 Å². The highest BCUT2D eigenvalue weighted by Gasteiger charge is 2.31. The lowest BCUT2D eigenvalue weighted by molar-refractivity contribution is -0.120. The average Bonchev–Trinajstić information content (AvgIpc) is 2.73. The van der Waals surface area contributed by atoms with Crippen LogP contribution in [0, 0.1) is 0 Å². The first-order chi connectivity index (χ1) is 9.68. The summed E-state index contributed by atoms with van der Waals surface area (Å²) >= 11 is 0. The Morgan fingerprint density at radius 3 is 2.15 bits per heavy atom. The smallest absolute Gasteiger partial charge is 0.261 e. The Labute approximate surface area is 117 Å². The van der Waals surface area contributed by atoms with Gasteiger partial charge in [0.2, 0.25) is 0 Å². The molecule has 0 aliphatic carbocycles. The zero-order valence-corrected chi connectivity index (χ0v) is 11.0. The predicted octanol–water partition coefficient (Wildman–Crippen LogP) is 3.17. The summed E-state index contributed by atoms with van der Waals surface area (Å²) in [6.07, 6.45) is 1.38. The van der Waals surface area contributed by atoms with E-state index in [4.69, 9.17) is 0 Å². The van der Waals surface area contributed by atoms with Crippen LogP contribution in [0.15, 0.2) is 66.2 Å². The van der Waals surface area contributed by atoms with E-state index in [0.717, 1.165) is 11.1 Å². The van der Waals surface area contributed by atoms with E-state index in [9.17, 15) is 9.59 Å². The fourth-order valence-corrected chi connectivity index (χ4v) is 2.35. The molecule has 0 unspecified atom stereocenters. The van der Waals surface area contributed by atoms with Gasteiger partial charge in [-0.3, -0.25) is 9.59 Å². The van der Waals surface area contributed by atoms with Crippen molar-refractivity contribution in [3.8, 4) is 11.1 Å². The van der Waals surface area contributed by atoms with Gasteiger partial charge in [-0.15, -0.1) is 0 Å². The van der Waals surface area contributed by atoms with Crippen molar-refractivity contribution in [3.63, 3.8) is 0 Å². The maximum absolute atomic E-state index is 12.1. The normalized spacial score (nSPS) is 14.7. The predicted molar refractivity (Wildman–Crippen MR) is 78.1 cm³/mol. The summed E-state index contributed by atoms with van der Waals surface area (Å²) in [4.78, 5) is 25.4. The topological polar surface area (TPSA) is 37.4 Å². The summed E-state index contributed by atoms with van der Waals surface area (Å²) in [5, 5.41) is 0. The monoisotopic (exact) mass is 263 g/mol. The van der Waals surface area contributed by atoms with E-state index in [0.29, 0.717) is 11.3 Å². The van der Waals surface area contributed by atoms with Gasteiger partial charge in [0.25, 0.3) is 11.8 Å². The molecule has 20 heavy (non-hydrogen) atoms. The van der Waals surface area contributed by atoms with E-state index in [-0.39, 0.29) is 11.8 Å². The number of anilines is 1. The van der Waals surface area contributed by atoms with Gasteiger partial charge in [-0.25, -0.2) is 4.90 Å². The summed E-state index contributed by atoms with van der Waals surface area (Å²) in [5.74, 6) is -0.533. The van der Waals surface area contributed by atoms with Crippen molar-refractivity contribution in [1.29, 1.82) is 0 Å². The summed E-state index contributed by atoms with van der Waals surface area (Å²) in [6, 6.07) is 17.2. The Hall–Kier alpha value is -2.68. The standard InChI is InChI=1S/C17H13NO2/c1-12-11-16(19)18(17(12)20)15-10-6-5-9-14(15)13-7-3-2-4-8-13/h2-11H,1H3. The fourth-order valence-electron chi connectivity index (χ4n) is 2.35. The minimum atomic E-state index is -0.282. The Morgan fingerprint density at radius 2 is 1.50 bits per heavy atom. The van der Waals surface area contributed by atoms with Gasteiger partial charge < -0.3 is 0 Å². The van der Waals surface area contributed by atoms with Crippen LogP contribution in [0.3, 0.4) is 0 Å². The molecule has 3 heteroatoms. The maximum Gasteiger partial charge on any atom is 0.261 e. The lowest BCUT2D eigenvalue weighted by atomic mass is 10.0. The molecular formula is C17H13NO2. The van der Waals surface area contributed by atoms with Crippen LogP contribution in [-0.2, 0) is 9.59 Å². The molecule has 0 atom stereocenters. The number of para-hydroxylation sites is 1. The lowest BCUT2D eigenvalue weighted by Crippen LogP contribution is -2.30. The third kappa shape index (κ3) is 1.93. The minimum Gasteiger partial charge on any atom is -0.269 e. The number of hydrogen-bond acceptors (Lipinski definition) is 2.